The van der Waals surface area contributed by atoms with Gasteiger partial charge in [-0.3, -0.25) is 4.79 Å². The molecule has 5 heteroatoms. The van der Waals surface area contributed by atoms with E-state index >= 15 is 0 Å². The molecule has 0 fully saturated rings. The van der Waals surface area contributed by atoms with Crippen LogP contribution in [0.2, 0.25) is 0 Å². The summed E-state index contributed by atoms with van der Waals surface area (Å²) in [5.74, 6) is 0.159. The number of halogens is 1. The maximum atomic E-state index is 11.9. The summed E-state index contributed by atoms with van der Waals surface area (Å²) in [7, 11) is 0. The highest BCUT2D eigenvalue weighted by atomic mass is 35.5. The minimum Gasteiger partial charge on any atom is -0.488 e. The zero-order chi connectivity index (χ0) is 12.7. The van der Waals surface area contributed by atoms with Crippen molar-refractivity contribution in [1.29, 1.82) is 0 Å². The lowest BCUT2D eigenvalue weighted by molar-refractivity contribution is -0.120. The first kappa shape index (κ1) is 11.8. The van der Waals surface area contributed by atoms with Crippen LogP contribution in [0.4, 0.5) is 0 Å². The highest BCUT2D eigenvalue weighted by molar-refractivity contribution is 6.31. The van der Waals surface area contributed by atoms with Crippen LogP contribution in [-0.2, 0) is 14.3 Å². The van der Waals surface area contributed by atoms with E-state index in [0.717, 1.165) is 24.1 Å². The van der Waals surface area contributed by atoms with Gasteiger partial charge >= 0.3 is 0 Å². The molecule has 0 aromatic rings. The monoisotopic (exact) mass is 267 g/mol. The molecular weight excluding hydrogens is 254 g/mol. The van der Waals surface area contributed by atoms with Gasteiger partial charge in [-0.25, -0.2) is 0 Å². The molecule has 0 radical (unpaired) electrons. The number of hydrogen-bond donors (Lipinski definition) is 1. The zero-order valence-corrected chi connectivity index (χ0v) is 10.8. The van der Waals surface area contributed by atoms with Gasteiger partial charge in [0.15, 0.2) is 5.76 Å². The first-order chi connectivity index (χ1) is 8.70. The summed E-state index contributed by atoms with van der Waals surface area (Å²) in [6.45, 7) is 2.62. The second-order valence-corrected chi connectivity index (χ2v) is 4.85. The first-order valence-electron chi connectivity index (χ1n) is 6.10. The van der Waals surface area contributed by atoms with E-state index < -0.39 is 0 Å². The Morgan fingerprint density at radius 2 is 2.44 bits per heavy atom. The van der Waals surface area contributed by atoms with Crippen molar-refractivity contribution in [1.82, 2.24) is 5.32 Å². The van der Waals surface area contributed by atoms with Crippen molar-refractivity contribution in [2.45, 2.75) is 32.0 Å². The van der Waals surface area contributed by atoms with Gasteiger partial charge in [-0.05, 0) is 24.1 Å². The predicted molar refractivity (Wildman–Crippen MR) is 66.7 cm³/mol. The molecule has 3 aliphatic heterocycles. The molecule has 1 N–H and O–H groups in total. The second kappa shape index (κ2) is 4.44. The number of nitrogens with one attached hydrogen (secondary N) is 1. The van der Waals surface area contributed by atoms with Gasteiger partial charge in [0, 0.05) is 6.42 Å². The van der Waals surface area contributed by atoms with E-state index in [1.807, 2.05) is 13.0 Å². The fourth-order valence-electron chi connectivity index (χ4n) is 2.44. The maximum Gasteiger partial charge on any atom is 0.290 e. The summed E-state index contributed by atoms with van der Waals surface area (Å²) in [6.07, 6.45) is 4.97. The molecule has 3 rings (SSSR count). The van der Waals surface area contributed by atoms with E-state index in [-0.39, 0.29) is 18.1 Å². The number of fused-ring (bicyclic) bond motifs is 2. The average Bonchev–Trinajstić information content (AvgIpc) is 3.02. The molecule has 0 saturated carbocycles. The molecule has 1 amide bonds. The van der Waals surface area contributed by atoms with Gasteiger partial charge in [0.2, 0.25) is 0 Å². The van der Waals surface area contributed by atoms with Crippen LogP contribution in [-0.4, -0.2) is 24.7 Å². The number of amides is 1. The standard InChI is InChI=1S/C13H14ClNO3/c1-2-7-10-6-8(12(18-10)11(7)14)15-13(16)9-4-3-5-17-9/h4,6,10,12H,2-3,5H2,1H3,(H,15,16). The van der Waals surface area contributed by atoms with Crippen LogP contribution in [0.5, 0.6) is 0 Å². The highest BCUT2D eigenvalue weighted by Gasteiger charge is 2.40. The molecular formula is C13H14ClNO3. The summed E-state index contributed by atoms with van der Waals surface area (Å²) >= 11 is 6.23. The predicted octanol–water partition coefficient (Wildman–Crippen LogP) is 1.97. The van der Waals surface area contributed by atoms with E-state index in [9.17, 15) is 4.79 Å². The summed E-state index contributed by atoms with van der Waals surface area (Å²) < 4.78 is 10.9. The van der Waals surface area contributed by atoms with Gasteiger partial charge in [0.25, 0.3) is 5.91 Å². The van der Waals surface area contributed by atoms with Crippen LogP contribution in [0, 0.1) is 0 Å². The maximum absolute atomic E-state index is 11.9. The number of hydrogen-bond acceptors (Lipinski definition) is 3. The van der Waals surface area contributed by atoms with Gasteiger partial charge in [-0.1, -0.05) is 18.5 Å². The van der Waals surface area contributed by atoms with E-state index in [4.69, 9.17) is 21.1 Å². The smallest absolute Gasteiger partial charge is 0.290 e. The van der Waals surface area contributed by atoms with Gasteiger partial charge in [0.05, 0.1) is 17.3 Å². The Balaban J connectivity index is 1.70. The third-order valence-corrected chi connectivity index (χ3v) is 3.79. The molecule has 18 heavy (non-hydrogen) atoms. The Labute approximate surface area is 110 Å². The molecule has 4 nitrogen and oxygen atoms in total. The lowest BCUT2D eigenvalue weighted by Crippen LogP contribution is -2.30. The fraction of sp³-hybridized carbons (Fsp3) is 0.462. The van der Waals surface area contributed by atoms with Gasteiger partial charge < -0.3 is 14.8 Å². The van der Waals surface area contributed by atoms with E-state index in [1.165, 1.54) is 0 Å². The molecule has 3 aliphatic rings. The van der Waals surface area contributed by atoms with Crippen LogP contribution in [0.15, 0.2) is 34.2 Å². The Hall–Kier alpha value is -1.26. The molecule has 96 valence electrons. The number of carbonyl (C=O) groups excluding carboxylic acids is 1. The van der Waals surface area contributed by atoms with Crippen LogP contribution < -0.4 is 5.32 Å². The Bertz CT molecular complexity index is 492. The molecule has 2 unspecified atom stereocenters. The van der Waals surface area contributed by atoms with Crippen LogP contribution >= 0.6 is 11.6 Å². The first-order valence-corrected chi connectivity index (χ1v) is 6.48. The lowest BCUT2D eigenvalue weighted by Gasteiger charge is -2.14. The van der Waals surface area contributed by atoms with Crippen LogP contribution in [0.3, 0.4) is 0 Å². The number of ether oxygens (including phenoxy) is 2. The minimum absolute atomic E-state index is 0.0822. The quantitative estimate of drug-likeness (QED) is 0.851. The Morgan fingerprint density at radius 3 is 3.06 bits per heavy atom. The fourth-order valence-corrected chi connectivity index (χ4v) is 2.85. The van der Waals surface area contributed by atoms with Crippen molar-refractivity contribution in [3.8, 4) is 0 Å². The Morgan fingerprint density at radius 1 is 1.61 bits per heavy atom. The molecule has 0 aromatic heterocycles. The molecule has 0 aromatic carbocycles. The largest absolute Gasteiger partial charge is 0.488 e. The lowest BCUT2D eigenvalue weighted by atomic mass is 10.0. The van der Waals surface area contributed by atoms with Gasteiger partial charge in [0.1, 0.15) is 12.2 Å². The van der Waals surface area contributed by atoms with Gasteiger partial charge in [-0.15, -0.1) is 0 Å². The molecule has 2 atom stereocenters. The molecule has 0 spiro atoms. The Kier molecular flexibility index (Phi) is 2.92. The highest BCUT2D eigenvalue weighted by Crippen LogP contribution is 2.41. The minimum atomic E-state index is -0.308. The normalized spacial score (nSPS) is 29.2. The van der Waals surface area contributed by atoms with Crippen LogP contribution in [0.1, 0.15) is 19.8 Å². The van der Waals surface area contributed by atoms with Crippen molar-refractivity contribution in [2.24, 2.45) is 0 Å². The third-order valence-electron chi connectivity index (χ3n) is 3.34. The SMILES string of the molecule is CCC1=C(Cl)C2OC1C=C2NC(=O)C1=CCCO1. The van der Waals surface area contributed by atoms with Crippen LogP contribution in [0.25, 0.3) is 0 Å². The topological polar surface area (TPSA) is 47.6 Å². The third kappa shape index (κ3) is 1.76. The summed E-state index contributed by atoms with van der Waals surface area (Å²) in [5.41, 5.74) is 1.83. The van der Waals surface area contributed by atoms with Gasteiger partial charge in [-0.2, -0.15) is 0 Å². The number of rotatable bonds is 3. The number of carbonyl (C=O) groups is 1. The van der Waals surface area contributed by atoms with Crippen molar-refractivity contribution in [3.63, 3.8) is 0 Å². The second-order valence-electron chi connectivity index (χ2n) is 4.45. The van der Waals surface area contributed by atoms with Crippen molar-refractivity contribution in [3.05, 3.63) is 34.2 Å². The summed E-state index contributed by atoms with van der Waals surface area (Å²) in [5, 5.41) is 3.52. The van der Waals surface area contributed by atoms with E-state index in [2.05, 4.69) is 5.32 Å². The molecule has 0 aliphatic carbocycles. The molecule has 3 heterocycles. The average molecular weight is 268 g/mol. The summed E-state index contributed by atoms with van der Waals surface area (Å²) in [4.78, 5) is 11.9. The van der Waals surface area contributed by atoms with Crippen molar-refractivity contribution in [2.75, 3.05) is 6.61 Å². The van der Waals surface area contributed by atoms with Crippen molar-refractivity contribution >= 4 is 17.5 Å². The van der Waals surface area contributed by atoms with E-state index in [1.54, 1.807) is 6.08 Å². The van der Waals surface area contributed by atoms with Crippen molar-refractivity contribution < 1.29 is 14.3 Å². The molecule has 2 bridgehead atoms. The van der Waals surface area contributed by atoms with E-state index in [0.29, 0.717) is 17.4 Å². The molecule has 0 saturated heterocycles. The summed E-state index contributed by atoms with van der Waals surface area (Å²) in [6, 6.07) is 0. The zero-order valence-electron chi connectivity index (χ0n) is 10.0.